The minimum Gasteiger partial charge on any atom is -0.497 e. The smallest absolute Gasteiger partial charge is 0.344 e. The van der Waals surface area contributed by atoms with Crippen molar-refractivity contribution < 1.29 is 33.3 Å². The van der Waals surface area contributed by atoms with Crippen molar-refractivity contribution in [1.82, 2.24) is 4.90 Å². The van der Waals surface area contributed by atoms with Gasteiger partial charge in [0.25, 0.3) is 5.91 Å². The summed E-state index contributed by atoms with van der Waals surface area (Å²) in [5.74, 6) is -0.158. The van der Waals surface area contributed by atoms with E-state index in [9.17, 15) is 14.4 Å². The van der Waals surface area contributed by atoms with Crippen LogP contribution in [0.25, 0.3) is 0 Å². The van der Waals surface area contributed by atoms with Crippen LogP contribution in [0.5, 0.6) is 11.5 Å². The second-order valence-electron chi connectivity index (χ2n) is 5.80. The lowest BCUT2D eigenvalue weighted by Crippen LogP contribution is -2.42. The van der Waals surface area contributed by atoms with E-state index in [0.29, 0.717) is 37.4 Å². The summed E-state index contributed by atoms with van der Waals surface area (Å²) in [7, 11) is 2.91. The summed E-state index contributed by atoms with van der Waals surface area (Å²) in [5.41, 5.74) is 0. The molecule has 1 aliphatic heterocycles. The van der Waals surface area contributed by atoms with Gasteiger partial charge in [-0.2, -0.15) is 0 Å². The van der Waals surface area contributed by atoms with Crippen molar-refractivity contribution in [2.24, 2.45) is 5.92 Å². The molecule has 0 bridgehead atoms. The van der Waals surface area contributed by atoms with Crippen LogP contribution >= 0.6 is 0 Å². The summed E-state index contributed by atoms with van der Waals surface area (Å²) in [4.78, 5) is 36.8. The molecule has 0 radical (unpaired) electrons. The van der Waals surface area contributed by atoms with Crippen molar-refractivity contribution >= 4 is 17.8 Å². The van der Waals surface area contributed by atoms with Crippen LogP contribution in [-0.4, -0.2) is 63.3 Å². The molecule has 0 unspecified atom stereocenters. The third-order valence-corrected chi connectivity index (χ3v) is 4.15. The fraction of sp³-hybridized carbons (Fsp3) is 0.500. The highest BCUT2D eigenvalue weighted by Gasteiger charge is 2.28. The number of carbonyl (C=O) groups is 3. The Morgan fingerprint density at radius 2 is 1.62 bits per heavy atom. The van der Waals surface area contributed by atoms with Crippen LogP contribution in [0.2, 0.25) is 0 Å². The molecule has 26 heavy (non-hydrogen) atoms. The maximum Gasteiger partial charge on any atom is 0.344 e. The van der Waals surface area contributed by atoms with Gasteiger partial charge in [0.05, 0.1) is 20.1 Å². The minimum absolute atomic E-state index is 0.176. The molecule has 142 valence electrons. The SMILES string of the molecule is COC(=O)C1CCN(C(=O)COC(=O)COc2ccc(OC)cc2)CC1. The van der Waals surface area contributed by atoms with Gasteiger partial charge in [0, 0.05) is 13.1 Å². The van der Waals surface area contributed by atoms with Gasteiger partial charge in [-0.05, 0) is 37.1 Å². The van der Waals surface area contributed by atoms with E-state index in [1.165, 1.54) is 7.11 Å². The number of nitrogens with zero attached hydrogens (tertiary/aromatic N) is 1. The lowest BCUT2D eigenvalue weighted by atomic mass is 9.97. The Balaban J connectivity index is 1.67. The number of methoxy groups -OCH3 is 2. The molecule has 0 aromatic heterocycles. The summed E-state index contributed by atoms with van der Waals surface area (Å²) < 4.78 is 20.0. The molecular weight excluding hydrogens is 342 g/mol. The number of piperidine rings is 1. The molecular formula is C18H23NO7. The van der Waals surface area contributed by atoms with Gasteiger partial charge < -0.3 is 23.8 Å². The van der Waals surface area contributed by atoms with Crippen molar-refractivity contribution in [3.63, 3.8) is 0 Å². The molecule has 0 aliphatic carbocycles. The normalized spacial score (nSPS) is 14.5. The Hall–Kier alpha value is -2.77. The molecule has 1 fully saturated rings. The molecule has 8 heteroatoms. The third kappa shape index (κ3) is 5.65. The monoisotopic (exact) mass is 365 g/mol. The Morgan fingerprint density at radius 3 is 2.19 bits per heavy atom. The Bertz CT molecular complexity index is 621. The fourth-order valence-electron chi connectivity index (χ4n) is 2.62. The number of ether oxygens (including phenoxy) is 4. The van der Waals surface area contributed by atoms with E-state index in [2.05, 4.69) is 0 Å². The van der Waals surface area contributed by atoms with Crippen LogP contribution < -0.4 is 9.47 Å². The summed E-state index contributed by atoms with van der Waals surface area (Å²) in [6, 6.07) is 6.76. The maximum atomic E-state index is 12.1. The van der Waals surface area contributed by atoms with Gasteiger partial charge in [0.2, 0.25) is 0 Å². The van der Waals surface area contributed by atoms with Gasteiger partial charge in [-0.1, -0.05) is 0 Å². The Morgan fingerprint density at radius 1 is 1.00 bits per heavy atom. The molecule has 1 saturated heterocycles. The molecule has 0 atom stereocenters. The number of rotatable bonds is 7. The molecule has 8 nitrogen and oxygen atoms in total. The highest BCUT2D eigenvalue weighted by molar-refractivity contribution is 5.81. The molecule has 1 amide bonds. The predicted octanol–water partition coefficient (Wildman–Crippen LogP) is 1.03. The van der Waals surface area contributed by atoms with Gasteiger partial charge in [0.15, 0.2) is 13.2 Å². The fourth-order valence-corrected chi connectivity index (χ4v) is 2.62. The summed E-state index contributed by atoms with van der Waals surface area (Å²) in [5, 5.41) is 0. The topological polar surface area (TPSA) is 91.4 Å². The molecule has 2 rings (SSSR count). The summed E-state index contributed by atoms with van der Waals surface area (Å²) >= 11 is 0. The first-order chi connectivity index (χ1) is 12.5. The highest BCUT2D eigenvalue weighted by Crippen LogP contribution is 2.19. The quantitative estimate of drug-likeness (QED) is 0.667. The number of carbonyl (C=O) groups excluding carboxylic acids is 3. The predicted molar refractivity (Wildman–Crippen MR) is 90.8 cm³/mol. The van der Waals surface area contributed by atoms with Crippen LogP contribution in [0, 0.1) is 5.92 Å². The largest absolute Gasteiger partial charge is 0.497 e. The first kappa shape index (κ1) is 19.6. The lowest BCUT2D eigenvalue weighted by Gasteiger charge is -2.30. The van der Waals surface area contributed by atoms with Gasteiger partial charge in [-0.15, -0.1) is 0 Å². The maximum absolute atomic E-state index is 12.1. The Kier molecular flexibility index (Phi) is 7.25. The van der Waals surface area contributed by atoms with Crippen LogP contribution in [0.4, 0.5) is 0 Å². The number of likely N-dealkylation sites (tertiary alicyclic amines) is 1. The van der Waals surface area contributed by atoms with Crippen LogP contribution in [-0.2, 0) is 23.9 Å². The standard InChI is InChI=1S/C18H23NO7/c1-23-14-3-5-15(6-4-14)25-12-17(21)26-11-16(20)19-9-7-13(8-10-19)18(22)24-2/h3-6,13H,7-12H2,1-2H3. The van der Waals surface area contributed by atoms with Gasteiger partial charge in [-0.25, -0.2) is 4.79 Å². The zero-order valence-corrected chi connectivity index (χ0v) is 14.9. The van der Waals surface area contributed by atoms with E-state index in [1.54, 1.807) is 36.3 Å². The second kappa shape index (κ2) is 9.65. The molecule has 1 aromatic carbocycles. The third-order valence-electron chi connectivity index (χ3n) is 4.15. The van der Waals surface area contributed by atoms with Crippen molar-refractivity contribution in [2.75, 3.05) is 40.5 Å². The number of amides is 1. The molecule has 0 N–H and O–H groups in total. The molecule has 1 heterocycles. The molecule has 0 spiro atoms. The highest BCUT2D eigenvalue weighted by atomic mass is 16.6. The van der Waals surface area contributed by atoms with E-state index >= 15 is 0 Å². The molecule has 1 aliphatic rings. The van der Waals surface area contributed by atoms with Gasteiger partial charge in [0.1, 0.15) is 11.5 Å². The lowest BCUT2D eigenvalue weighted by molar-refractivity contribution is -0.155. The van der Waals surface area contributed by atoms with Gasteiger partial charge >= 0.3 is 11.9 Å². The van der Waals surface area contributed by atoms with Crippen molar-refractivity contribution in [1.29, 1.82) is 0 Å². The zero-order chi connectivity index (χ0) is 18.9. The first-order valence-electron chi connectivity index (χ1n) is 8.31. The van der Waals surface area contributed by atoms with Crippen LogP contribution in [0.15, 0.2) is 24.3 Å². The number of esters is 2. The van der Waals surface area contributed by atoms with E-state index in [4.69, 9.17) is 18.9 Å². The summed E-state index contributed by atoms with van der Waals surface area (Å²) in [6.07, 6.45) is 1.10. The van der Waals surface area contributed by atoms with Crippen LogP contribution in [0.1, 0.15) is 12.8 Å². The van der Waals surface area contributed by atoms with E-state index < -0.39 is 5.97 Å². The number of hydrogen-bond donors (Lipinski definition) is 0. The second-order valence-corrected chi connectivity index (χ2v) is 5.80. The zero-order valence-electron chi connectivity index (χ0n) is 14.9. The van der Waals surface area contributed by atoms with E-state index in [-0.39, 0.29) is 31.0 Å². The van der Waals surface area contributed by atoms with Crippen molar-refractivity contribution in [3.05, 3.63) is 24.3 Å². The molecule has 1 aromatic rings. The summed E-state index contributed by atoms with van der Waals surface area (Å²) in [6.45, 7) is 0.259. The average molecular weight is 365 g/mol. The van der Waals surface area contributed by atoms with Crippen molar-refractivity contribution in [3.8, 4) is 11.5 Å². The van der Waals surface area contributed by atoms with Crippen LogP contribution in [0.3, 0.4) is 0 Å². The minimum atomic E-state index is -0.626. The first-order valence-corrected chi connectivity index (χ1v) is 8.31. The average Bonchev–Trinajstić information content (AvgIpc) is 2.70. The van der Waals surface area contributed by atoms with Gasteiger partial charge in [-0.3, -0.25) is 9.59 Å². The van der Waals surface area contributed by atoms with E-state index in [0.717, 1.165) is 0 Å². The number of hydrogen-bond acceptors (Lipinski definition) is 7. The van der Waals surface area contributed by atoms with Crippen molar-refractivity contribution in [2.45, 2.75) is 12.8 Å². The number of benzene rings is 1. The Labute approximate surface area is 152 Å². The molecule has 0 saturated carbocycles. The van der Waals surface area contributed by atoms with E-state index in [1.807, 2.05) is 0 Å².